The molecule has 0 radical (unpaired) electrons. The van der Waals surface area contributed by atoms with Gasteiger partial charge in [-0.3, -0.25) is 9.59 Å². The van der Waals surface area contributed by atoms with Crippen molar-refractivity contribution in [3.05, 3.63) is 0 Å². The summed E-state index contributed by atoms with van der Waals surface area (Å²) in [4.78, 5) is 24.6. The van der Waals surface area contributed by atoms with Crippen LogP contribution in [-0.4, -0.2) is 36.9 Å². The fraction of sp³-hybridized carbons (Fsp3) is 0.933. The van der Waals surface area contributed by atoms with Gasteiger partial charge in [-0.15, -0.1) is 0 Å². The van der Waals surface area contributed by atoms with Crippen LogP contribution in [0.1, 0.15) is 122 Å². The molecule has 4 unspecified atom stereocenters. The zero-order valence-electron chi connectivity index (χ0n) is 25.2. The van der Waals surface area contributed by atoms with Crippen molar-refractivity contribution in [3.63, 3.8) is 0 Å². The van der Waals surface area contributed by atoms with Gasteiger partial charge in [0.05, 0.1) is 19.1 Å². The lowest BCUT2D eigenvalue weighted by Gasteiger charge is -2.48. The average Bonchev–Trinajstić information content (AvgIpc) is 3.47. The molecule has 1 aliphatic rings. The summed E-state index contributed by atoms with van der Waals surface area (Å²) in [5.74, 6) is -0.0423. The monoisotopic (exact) mass is 496 g/mol. The third kappa shape index (κ3) is 10.4. The molecule has 0 N–H and O–H groups in total. The standard InChI is InChI=1S/C30H56O5/c1-20(2)24(35-26(32)17-23-19-33-23)16-21(3)30(12,13)25(34-22(4)31)18-29(10,11)28(8,9)15-14-27(5,6)7/h20-21,23-25H,14-19H2,1-13H3. The molecule has 5 nitrogen and oxygen atoms in total. The maximum Gasteiger partial charge on any atom is 0.308 e. The van der Waals surface area contributed by atoms with Gasteiger partial charge in [0, 0.05) is 12.3 Å². The van der Waals surface area contributed by atoms with Gasteiger partial charge in [0.25, 0.3) is 0 Å². The van der Waals surface area contributed by atoms with E-state index in [9.17, 15) is 9.59 Å². The number of carbonyl (C=O) groups excluding carboxylic acids is 2. The summed E-state index contributed by atoms with van der Waals surface area (Å²) in [5.41, 5.74) is 0.0377. The number of epoxide rings is 1. The first-order valence-corrected chi connectivity index (χ1v) is 13.7. The molecule has 0 saturated carbocycles. The summed E-state index contributed by atoms with van der Waals surface area (Å²) in [6, 6.07) is 0. The molecule has 0 spiro atoms. The molecule has 0 bridgehead atoms. The summed E-state index contributed by atoms with van der Waals surface area (Å²) >= 11 is 0. The van der Waals surface area contributed by atoms with Crippen LogP contribution in [0.2, 0.25) is 0 Å². The minimum absolute atomic E-state index is 0.0291. The van der Waals surface area contributed by atoms with Crippen molar-refractivity contribution in [2.45, 2.75) is 140 Å². The quantitative estimate of drug-likeness (QED) is 0.183. The van der Waals surface area contributed by atoms with Crippen molar-refractivity contribution in [3.8, 4) is 0 Å². The molecule has 4 atom stereocenters. The molecule has 206 valence electrons. The molecule has 35 heavy (non-hydrogen) atoms. The second kappa shape index (κ2) is 12.0. The Hall–Kier alpha value is -1.10. The van der Waals surface area contributed by atoms with E-state index in [4.69, 9.17) is 14.2 Å². The van der Waals surface area contributed by atoms with E-state index in [0.717, 1.165) is 25.7 Å². The largest absolute Gasteiger partial charge is 0.462 e. The molecule has 5 heteroatoms. The lowest BCUT2D eigenvalue weighted by atomic mass is 9.59. The second-order valence-electron chi connectivity index (χ2n) is 14.5. The number of ether oxygens (including phenoxy) is 3. The van der Waals surface area contributed by atoms with E-state index >= 15 is 0 Å². The third-order valence-electron chi connectivity index (χ3n) is 8.84. The van der Waals surface area contributed by atoms with Crippen molar-refractivity contribution in [2.75, 3.05) is 6.61 Å². The van der Waals surface area contributed by atoms with Gasteiger partial charge in [0.15, 0.2) is 0 Å². The van der Waals surface area contributed by atoms with Crippen LogP contribution in [0.5, 0.6) is 0 Å². The van der Waals surface area contributed by atoms with Crippen molar-refractivity contribution in [2.24, 2.45) is 33.5 Å². The number of hydrogen-bond acceptors (Lipinski definition) is 5. The zero-order valence-corrected chi connectivity index (χ0v) is 25.2. The summed E-state index contributed by atoms with van der Waals surface area (Å²) in [7, 11) is 0. The number of carbonyl (C=O) groups is 2. The van der Waals surface area contributed by atoms with Gasteiger partial charge in [0.1, 0.15) is 12.2 Å². The first-order valence-electron chi connectivity index (χ1n) is 13.7. The summed E-state index contributed by atoms with van der Waals surface area (Å²) in [6.45, 7) is 29.1. The Morgan fingerprint density at radius 3 is 1.86 bits per heavy atom. The molecule has 1 saturated heterocycles. The highest BCUT2D eigenvalue weighted by molar-refractivity contribution is 5.70. The summed E-state index contributed by atoms with van der Waals surface area (Å²) in [6.07, 6.45) is 3.72. The van der Waals surface area contributed by atoms with Gasteiger partial charge >= 0.3 is 11.9 Å². The highest BCUT2D eigenvalue weighted by Gasteiger charge is 2.46. The average molecular weight is 497 g/mol. The predicted molar refractivity (Wildman–Crippen MR) is 143 cm³/mol. The number of rotatable bonds is 14. The van der Waals surface area contributed by atoms with Gasteiger partial charge in [0.2, 0.25) is 0 Å². The van der Waals surface area contributed by atoms with E-state index in [-0.39, 0.29) is 63.7 Å². The lowest BCUT2D eigenvalue weighted by molar-refractivity contribution is -0.162. The first kappa shape index (κ1) is 31.9. The smallest absolute Gasteiger partial charge is 0.308 e. The van der Waals surface area contributed by atoms with Crippen LogP contribution in [0, 0.1) is 33.5 Å². The number of esters is 2. The lowest BCUT2D eigenvalue weighted by Crippen LogP contribution is -2.46. The SMILES string of the molecule is CC(=O)OC(CC(C)(C)C(C)(C)CCC(C)(C)C)C(C)(C)C(C)CC(OC(=O)CC1CO1)C(C)C. The van der Waals surface area contributed by atoms with Gasteiger partial charge < -0.3 is 14.2 Å². The van der Waals surface area contributed by atoms with E-state index in [1.165, 1.54) is 6.92 Å². The van der Waals surface area contributed by atoms with Gasteiger partial charge in [-0.1, -0.05) is 83.1 Å². The van der Waals surface area contributed by atoms with E-state index in [1.807, 2.05) is 0 Å². The van der Waals surface area contributed by atoms with Crippen LogP contribution >= 0.6 is 0 Å². The normalized spacial score (nSPS) is 19.8. The molecular weight excluding hydrogens is 440 g/mol. The third-order valence-corrected chi connectivity index (χ3v) is 8.84. The molecule has 0 aromatic carbocycles. The van der Waals surface area contributed by atoms with E-state index < -0.39 is 0 Å². The van der Waals surface area contributed by atoms with Crippen molar-refractivity contribution in [1.29, 1.82) is 0 Å². The molecule has 1 heterocycles. The molecule has 0 aromatic rings. The Labute approximate surface area is 216 Å². The van der Waals surface area contributed by atoms with Crippen LogP contribution in [0.3, 0.4) is 0 Å². The van der Waals surface area contributed by atoms with Gasteiger partial charge in [-0.25, -0.2) is 0 Å². The second-order valence-corrected chi connectivity index (χ2v) is 14.5. The van der Waals surface area contributed by atoms with E-state index in [1.54, 1.807) is 0 Å². The topological polar surface area (TPSA) is 65.1 Å². The highest BCUT2D eigenvalue weighted by atomic mass is 16.6. The Balaban J connectivity index is 3.03. The van der Waals surface area contributed by atoms with Crippen LogP contribution in [0.15, 0.2) is 0 Å². The first-order chi connectivity index (χ1) is 15.7. The highest BCUT2D eigenvalue weighted by Crippen LogP contribution is 2.50. The minimum Gasteiger partial charge on any atom is -0.462 e. The molecule has 1 fully saturated rings. The molecule has 1 aliphatic heterocycles. The summed E-state index contributed by atoms with van der Waals surface area (Å²) in [5, 5.41) is 0. The van der Waals surface area contributed by atoms with Gasteiger partial charge in [-0.2, -0.15) is 0 Å². The Bertz CT molecular complexity index is 694. The van der Waals surface area contributed by atoms with Gasteiger partial charge in [-0.05, 0) is 53.8 Å². The van der Waals surface area contributed by atoms with E-state index in [2.05, 4.69) is 83.1 Å². The molecule has 0 aliphatic carbocycles. The predicted octanol–water partition coefficient (Wildman–Crippen LogP) is 7.60. The molecule has 1 rings (SSSR count). The minimum atomic E-state index is -0.289. The van der Waals surface area contributed by atoms with E-state index in [0.29, 0.717) is 13.0 Å². The van der Waals surface area contributed by atoms with Crippen LogP contribution in [0.4, 0.5) is 0 Å². The molecule has 0 aromatic heterocycles. The molecular formula is C30H56O5. The Morgan fingerprint density at radius 1 is 0.886 bits per heavy atom. The maximum atomic E-state index is 12.4. The van der Waals surface area contributed by atoms with Crippen molar-refractivity contribution < 1.29 is 23.8 Å². The Morgan fingerprint density at radius 2 is 1.43 bits per heavy atom. The van der Waals surface area contributed by atoms with Crippen LogP contribution in [0.25, 0.3) is 0 Å². The van der Waals surface area contributed by atoms with Crippen molar-refractivity contribution >= 4 is 11.9 Å². The number of hydrogen-bond donors (Lipinski definition) is 0. The van der Waals surface area contributed by atoms with Crippen LogP contribution in [-0.2, 0) is 23.8 Å². The van der Waals surface area contributed by atoms with Crippen molar-refractivity contribution in [1.82, 2.24) is 0 Å². The fourth-order valence-corrected chi connectivity index (χ4v) is 4.44. The molecule has 0 amide bonds. The zero-order chi connectivity index (χ0) is 27.4. The van der Waals surface area contributed by atoms with Crippen LogP contribution < -0.4 is 0 Å². The fourth-order valence-electron chi connectivity index (χ4n) is 4.44. The Kier molecular flexibility index (Phi) is 10.9. The summed E-state index contributed by atoms with van der Waals surface area (Å²) < 4.78 is 17.1. The maximum absolute atomic E-state index is 12.4.